The van der Waals surface area contributed by atoms with Gasteiger partial charge in [0.2, 0.25) is 0 Å². The van der Waals surface area contributed by atoms with Crippen LogP contribution in [0.15, 0.2) is 24.3 Å². The van der Waals surface area contributed by atoms with E-state index in [0.717, 1.165) is 0 Å². The van der Waals surface area contributed by atoms with Gasteiger partial charge in [0, 0.05) is 5.69 Å². The molecule has 0 fully saturated rings. The van der Waals surface area contributed by atoms with Crippen LogP contribution in [0.5, 0.6) is 0 Å². The van der Waals surface area contributed by atoms with Crippen LogP contribution in [0.25, 0.3) is 0 Å². The summed E-state index contributed by atoms with van der Waals surface area (Å²) in [6, 6.07) is 3.72. The first kappa shape index (κ1) is 13.1. The lowest BCUT2D eigenvalue weighted by Gasteiger charge is -2.10. The maximum atomic E-state index is 12.6. The zero-order valence-electron chi connectivity index (χ0n) is 9.27. The summed E-state index contributed by atoms with van der Waals surface area (Å²) >= 11 is 0. The lowest BCUT2D eigenvalue weighted by molar-refractivity contribution is -0.146. The van der Waals surface area contributed by atoms with E-state index in [0.29, 0.717) is 5.69 Å². The Labute approximate surface area is 97.7 Å². The van der Waals surface area contributed by atoms with Crippen molar-refractivity contribution in [2.45, 2.75) is 13.0 Å². The van der Waals surface area contributed by atoms with Crippen LogP contribution in [0.4, 0.5) is 10.1 Å². The van der Waals surface area contributed by atoms with E-state index in [1.54, 1.807) is 6.92 Å². The minimum Gasteiger partial charge on any atom is -0.464 e. The van der Waals surface area contributed by atoms with Crippen LogP contribution < -0.4 is 11.1 Å². The number of halogens is 1. The first-order chi connectivity index (χ1) is 8.04. The summed E-state index contributed by atoms with van der Waals surface area (Å²) in [5.74, 6) is -1.92. The van der Waals surface area contributed by atoms with Gasteiger partial charge in [0.25, 0.3) is 5.91 Å². The third-order valence-electron chi connectivity index (χ3n) is 1.93. The van der Waals surface area contributed by atoms with Crippen molar-refractivity contribution in [3.8, 4) is 0 Å². The lowest BCUT2D eigenvalue weighted by Crippen LogP contribution is -2.43. The minimum absolute atomic E-state index is 0.149. The first-order valence-electron chi connectivity index (χ1n) is 5.03. The molecule has 0 aliphatic heterocycles. The minimum atomic E-state index is -1.39. The number of hydrogen-bond acceptors (Lipinski definition) is 4. The summed E-state index contributed by atoms with van der Waals surface area (Å²) in [7, 11) is 0. The number of esters is 1. The molecule has 0 bridgehead atoms. The number of hydrogen-bond donors (Lipinski definition) is 2. The van der Waals surface area contributed by atoms with Gasteiger partial charge in [-0.25, -0.2) is 9.18 Å². The Morgan fingerprint density at radius 2 is 2.00 bits per heavy atom. The summed E-state index contributed by atoms with van der Waals surface area (Å²) in [5, 5.41) is 2.38. The standard InChI is InChI=1S/C11H13FN2O3/c1-2-17-11(16)9(13)10(15)14-8-5-3-7(12)4-6-8/h3-6,9H,2,13H2,1H3,(H,14,15). The Kier molecular flexibility index (Phi) is 4.59. The Hall–Kier alpha value is -1.95. The predicted octanol–water partition coefficient (Wildman–Crippen LogP) is 0.655. The molecular formula is C11H13FN2O3. The van der Waals surface area contributed by atoms with Gasteiger partial charge < -0.3 is 15.8 Å². The molecule has 0 saturated carbocycles. The molecule has 1 atom stereocenters. The van der Waals surface area contributed by atoms with Crippen LogP contribution in [-0.4, -0.2) is 24.5 Å². The molecule has 0 spiro atoms. The summed E-state index contributed by atoms with van der Waals surface area (Å²) in [6.07, 6.45) is 0. The van der Waals surface area contributed by atoms with Gasteiger partial charge in [-0.1, -0.05) is 0 Å². The summed E-state index contributed by atoms with van der Waals surface area (Å²) < 4.78 is 17.2. The van der Waals surface area contributed by atoms with Crippen molar-refractivity contribution < 1.29 is 18.7 Å². The number of carbonyl (C=O) groups excluding carboxylic acids is 2. The molecule has 17 heavy (non-hydrogen) atoms. The van der Waals surface area contributed by atoms with Gasteiger partial charge in [0.05, 0.1) is 6.61 Å². The van der Waals surface area contributed by atoms with E-state index in [4.69, 9.17) is 5.73 Å². The first-order valence-corrected chi connectivity index (χ1v) is 5.03. The molecule has 0 aliphatic rings. The van der Waals surface area contributed by atoms with Crippen LogP contribution in [-0.2, 0) is 14.3 Å². The van der Waals surface area contributed by atoms with Gasteiger partial charge in [-0.3, -0.25) is 4.79 Å². The van der Waals surface area contributed by atoms with Crippen molar-refractivity contribution in [1.82, 2.24) is 0 Å². The number of rotatable bonds is 4. The Balaban J connectivity index is 2.59. The Morgan fingerprint density at radius 1 is 1.41 bits per heavy atom. The van der Waals surface area contributed by atoms with Crippen molar-refractivity contribution in [2.75, 3.05) is 11.9 Å². The van der Waals surface area contributed by atoms with Crippen molar-refractivity contribution in [1.29, 1.82) is 0 Å². The number of ether oxygens (including phenoxy) is 1. The number of carbonyl (C=O) groups is 2. The van der Waals surface area contributed by atoms with E-state index in [9.17, 15) is 14.0 Å². The summed E-state index contributed by atoms with van der Waals surface area (Å²) in [4.78, 5) is 22.6. The second kappa shape index (κ2) is 5.95. The van der Waals surface area contributed by atoms with E-state index in [1.807, 2.05) is 0 Å². The van der Waals surface area contributed by atoms with Crippen LogP contribution in [0.2, 0.25) is 0 Å². The highest BCUT2D eigenvalue weighted by atomic mass is 19.1. The molecule has 0 saturated heterocycles. The SMILES string of the molecule is CCOC(=O)C(N)C(=O)Nc1ccc(F)cc1. The fraction of sp³-hybridized carbons (Fsp3) is 0.273. The monoisotopic (exact) mass is 240 g/mol. The molecule has 1 aromatic rings. The summed E-state index contributed by atoms with van der Waals surface area (Å²) in [5.41, 5.74) is 5.72. The molecule has 5 nitrogen and oxygen atoms in total. The molecule has 3 N–H and O–H groups in total. The van der Waals surface area contributed by atoms with Crippen molar-refractivity contribution in [2.24, 2.45) is 5.73 Å². The van der Waals surface area contributed by atoms with Gasteiger partial charge in [-0.05, 0) is 31.2 Å². The van der Waals surface area contributed by atoms with Crippen molar-refractivity contribution >= 4 is 17.6 Å². The third-order valence-corrected chi connectivity index (χ3v) is 1.93. The molecule has 92 valence electrons. The zero-order chi connectivity index (χ0) is 12.8. The van der Waals surface area contributed by atoms with Gasteiger partial charge in [0.1, 0.15) is 5.82 Å². The molecule has 1 rings (SSSR count). The molecular weight excluding hydrogens is 227 g/mol. The van der Waals surface area contributed by atoms with Crippen LogP contribution in [0.1, 0.15) is 6.92 Å². The van der Waals surface area contributed by atoms with E-state index >= 15 is 0 Å². The molecule has 1 unspecified atom stereocenters. The number of benzene rings is 1. The number of nitrogens with two attached hydrogens (primary N) is 1. The Bertz CT molecular complexity index is 406. The van der Waals surface area contributed by atoms with Crippen LogP contribution in [0, 0.1) is 5.82 Å². The lowest BCUT2D eigenvalue weighted by atomic mass is 10.2. The smallest absolute Gasteiger partial charge is 0.332 e. The fourth-order valence-corrected chi connectivity index (χ4v) is 1.09. The van der Waals surface area contributed by atoms with Crippen molar-refractivity contribution in [3.63, 3.8) is 0 Å². The molecule has 0 aromatic heterocycles. The van der Waals surface area contributed by atoms with E-state index in [1.165, 1.54) is 24.3 Å². The second-order valence-electron chi connectivity index (χ2n) is 3.23. The topological polar surface area (TPSA) is 81.4 Å². The maximum Gasteiger partial charge on any atom is 0.332 e. The van der Waals surface area contributed by atoms with Gasteiger partial charge >= 0.3 is 5.97 Å². The number of nitrogens with one attached hydrogen (secondary N) is 1. The van der Waals surface area contributed by atoms with Gasteiger partial charge in [-0.15, -0.1) is 0 Å². The molecule has 0 aliphatic carbocycles. The van der Waals surface area contributed by atoms with Gasteiger partial charge in [-0.2, -0.15) is 0 Å². The van der Waals surface area contributed by atoms with Crippen LogP contribution >= 0.6 is 0 Å². The average molecular weight is 240 g/mol. The average Bonchev–Trinajstić information content (AvgIpc) is 2.31. The predicted molar refractivity (Wildman–Crippen MR) is 59.6 cm³/mol. The normalized spacial score (nSPS) is 11.7. The van der Waals surface area contributed by atoms with E-state index < -0.39 is 23.7 Å². The highest BCUT2D eigenvalue weighted by molar-refractivity contribution is 6.08. The molecule has 1 amide bonds. The zero-order valence-corrected chi connectivity index (χ0v) is 9.27. The fourth-order valence-electron chi connectivity index (χ4n) is 1.09. The maximum absolute atomic E-state index is 12.6. The molecule has 6 heteroatoms. The van der Waals surface area contributed by atoms with Crippen molar-refractivity contribution in [3.05, 3.63) is 30.1 Å². The molecule has 0 heterocycles. The van der Waals surface area contributed by atoms with E-state index in [2.05, 4.69) is 10.1 Å². The second-order valence-corrected chi connectivity index (χ2v) is 3.23. The van der Waals surface area contributed by atoms with Gasteiger partial charge in [0.15, 0.2) is 6.04 Å². The third kappa shape index (κ3) is 3.84. The Morgan fingerprint density at radius 3 is 2.53 bits per heavy atom. The molecule has 1 aromatic carbocycles. The highest BCUT2D eigenvalue weighted by Crippen LogP contribution is 2.08. The van der Waals surface area contributed by atoms with Crippen LogP contribution in [0.3, 0.4) is 0 Å². The quantitative estimate of drug-likeness (QED) is 0.598. The highest BCUT2D eigenvalue weighted by Gasteiger charge is 2.23. The molecule has 0 radical (unpaired) electrons. The number of amides is 1. The number of anilines is 1. The largest absolute Gasteiger partial charge is 0.464 e. The summed E-state index contributed by atoms with van der Waals surface area (Å²) in [6.45, 7) is 1.76. The van der Waals surface area contributed by atoms with E-state index in [-0.39, 0.29) is 6.61 Å².